The molecule has 0 amide bonds. The molecule has 1 rings (SSSR count). The van der Waals surface area contributed by atoms with E-state index in [9.17, 15) is 0 Å². The Kier molecular flexibility index (Phi) is 6.17. The van der Waals surface area contributed by atoms with Gasteiger partial charge in [0, 0.05) is 5.56 Å². The molecule has 1 unspecified atom stereocenters. The third kappa shape index (κ3) is 4.05. The second-order valence-corrected chi connectivity index (χ2v) is 3.24. The van der Waals surface area contributed by atoms with Gasteiger partial charge in [-0.1, -0.05) is 31.8 Å². The molecule has 72 valence electrons. The van der Waals surface area contributed by atoms with Gasteiger partial charge in [0.15, 0.2) is 0 Å². The fraction of sp³-hybridized carbons (Fsp3) is 0.300. The van der Waals surface area contributed by atoms with Crippen LogP contribution in [0.15, 0.2) is 18.1 Å². The standard InChI is InChI=1S/C8H11N2P.C2H6/c1-3-7-5-9-10-8(7)4-6(2)11;1-2/h3-5H,1,11H2,2H3,(H,9,10);1-2H3/b6-4+;. The number of aromatic nitrogens is 2. The lowest BCUT2D eigenvalue weighted by Crippen LogP contribution is -1.75. The number of rotatable bonds is 2. The summed E-state index contributed by atoms with van der Waals surface area (Å²) in [5, 5.41) is 7.94. The van der Waals surface area contributed by atoms with Gasteiger partial charge in [0.05, 0.1) is 11.9 Å². The Morgan fingerprint density at radius 1 is 1.62 bits per heavy atom. The van der Waals surface area contributed by atoms with Crippen molar-refractivity contribution in [3.8, 4) is 0 Å². The van der Waals surface area contributed by atoms with Gasteiger partial charge in [-0.05, 0) is 13.0 Å². The van der Waals surface area contributed by atoms with Gasteiger partial charge in [0.25, 0.3) is 0 Å². The minimum atomic E-state index is 1.01. The van der Waals surface area contributed by atoms with Crippen LogP contribution in [0.5, 0.6) is 0 Å². The fourth-order valence-corrected chi connectivity index (χ4v) is 0.978. The Balaban J connectivity index is 0.000000671. The molecule has 0 saturated heterocycles. The number of allylic oxidation sites excluding steroid dienone is 1. The van der Waals surface area contributed by atoms with Crippen LogP contribution in [-0.2, 0) is 0 Å². The minimum Gasteiger partial charge on any atom is -0.278 e. The summed E-state index contributed by atoms with van der Waals surface area (Å²) in [5.41, 5.74) is 2.04. The van der Waals surface area contributed by atoms with Crippen molar-refractivity contribution in [2.45, 2.75) is 20.8 Å². The first-order valence-electron chi connectivity index (χ1n) is 4.33. The van der Waals surface area contributed by atoms with Gasteiger partial charge in [-0.2, -0.15) is 5.10 Å². The summed E-state index contributed by atoms with van der Waals surface area (Å²) in [4.78, 5) is 0. The number of aromatic amines is 1. The lowest BCUT2D eigenvalue weighted by Gasteiger charge is -1.90. The van der Waals surface area contributed by atoms with Crippen molar-refractivity contribution < 1.29 is 0 Å². The predicted molar refractivity (Wildman–Crippen MR) is 63.4 cm³/mol. The molecule has 13 heavy (non-hydrogen) atoms. The summed E-state index contributed by atoms with van der Waals surface area (Å²) < 4.78 is 0. The average Bonchev–Trinajstić information content (AvgIpc) is 2.54. The Morgan fingerprint density at radius 3 is 2.69 bits per heavy atom. The lowest BCUT2D eigenvalue weighted by molar-refractivity contribution is 1.08. The summed E-state index contributed by atoms with van der Waals surface area (Å²) >= 11 is 0. The van der Waals surface area contributed by atoms with Crippen molar-refractivity contribution in [1.29, 1.82) is 0 Å². The average molecular weight is 196 g/mol. The molecular weight excluding hydrogens is 179 g/mol. The Morgan fingerprint density at radius 2 is 2.23 bits per heavy atom. The van der Waals surface area contributed by atoms with E-state index in [2.05, 4.69) is 26.0 Å². The highest BCUT2D eigenvalue weighted by atomic mass is 31.0. The Labute approximate surface area is 82.3 Å². The summed E-state index contributed by atoms with van der Waals surface area (Å²) in [6, 6.07) is 0. The molecule has 0 spiro atoms. The zero-order valence-electron chi connectivity index (χ0n) is 8.46. The third-order valence-corrected chi connectivity index (χ3v) is 1.46. The van der Waals surface area contributed by atoms with Gasteiger partial charge in [-0.25, -0.2) is 0 Å². The van der Waals surface area contributed by atoms with Crippen LogP contribution in [0.3, 0.4) is 0 Å². The monoisotopic (exact) mass is 196 g/mol. The zero-order valence-corrected chi connectivity index (χ0v) is 9.62. The van der Waals surface area contributed by atoms with E-state index in [0.717, 1.165) is 16.6 Å². The zero-order chi connectivity index (χ0) is 10.3. The van der Waals surface area contributed by atoms with Crippen molar-refractivity contribution >= 4 is 21.4 Å². The van der Waals surface area contributed by atoms with Crippen LogP contribution in [0.2, 0.25) is 0 Å². The molecule has 0 aliphatic rings. The van der Waals surface area contributed by atoms with Crippen LogP contribution < -0.4 is 0 Å². The van der Waals surface area contributed by atoms with Gasteiger partial charge >= 0.3 is 0 Å². The Hall–Kier alpha value is -0.880. The lowest BCUT2D eigenvalue weighted by atomic mass is 10.2. The molecule has 0 aliphatic heterocycles. The van der Waals surface area contributed by atoms with E-state index in [1.54, 1.807) is 12.3 Å². The molecule has 1 N–H and O–H groups in total. The SMILES string of the molecule is C=Cc1cn[nH]c1/C=C(\C)P.CC. The molecule has 1 aromatic rings. The van der Waals surface area contributed by atoms with Crippen molar-refractivity contribution in [3.63, 3.8) is 0 Å². The second kappa shape index (κ2) is 6.62. The molecule has 0 saturated carbocycles. The molecular formula is C10H17N2P. The molecule has 0 bridgehead atoms. The molecule has 3 heteroatoms. The van der Waals surface area contributed by atoms with Crippen molar-refractivity contribution in [3.05, 3.63) is 29.3 Å². The molecule has 0 fully saturated rings. The fourth-order valence-electron chi connectivity index (χ4n) is 0.811. The summed E-state index contributed by atoms with van der Waals surface area (Å²) in [5.74, 6) is 0. The molecule has 0 aromatic carbocycles. The van der Waals surface area contributed by atoms with Crippen LogP contribution in [0, 0.1) is 0 Å². The van der Waals surface area contributed by atoms with Crippen molar-refractivity contribution in [1.82, 2.24) is 10.2 Å². The summed E-state index contributed by atoms with van der Waals surface area (Å²) in [6.45, 7) is 9.69. The largest absolute Gasteiger partial charge is 0.278 e. The normalized spacial score (nSPS) is 10.3. The van der Waals surface area contributed by atoms with Gasteiger partial charge < -0.3 is 0 Å². The van der Waals surface area contributed by atoms with Crippen LogP contribution in [0.1, 0.15) is 32.0 Å². The topological polar surface area (TPSA) is 28.7 Å². The smallest absolute Gasteiger partial charge is 0.0652 e. The molecule has 1 aromatic heterocycles. The second-order valence-electron chi connectivity index (χ2n) is 2.33. The van der Waals surface area contributed by atoms with E-state index in [1.165, 1.54) is 0 Å². The predicted octanol–water partition coefficient (Wildman–Crippen LogP) is 3.31. The van der Waals surface area contributed by atoms with Crippen LogP contribution in [-0.4, -0.2) is 10.2 Å². The van der Waals surface area contributed by atoms with E-state index in [1.807, 2.05) is 26.8 Å². The first-order chi connectivity index (χ1) is 6.24. The molecule has 0 aliphatic carbocycles. The van der Waals surface area contributed by atoms with Crippen molar-refractivity contribution in [2.75, 3.05) is 0 Å². The van der Waals surface area contributed by atoms with Crippen LogP contribution >= 0.6 is 9.24 Å². The van der Waals surface area contributed by atoms with E-state index in [-0.39, 0.29) is 0 Å². The number of H-pyrrole nitrogens is 1. The molecule has 1 atom stereocenters. The van der Waals surface area contributed by atoms with E-state index >= 15 is 0 Å². The maximum absolute atomic E-state index is 3.90. The van der Waals surface area contributed by atoms with Gasteiger partial charge in [-0.15, -0.1) is 9.24 Å². The van der Waals surface area contributed by atoms with Crippen molar-refractivity contribution in [2.24, 2.45) is 0 Å². The Bertz CT molecular complexity index is 283. The third-order valence-electron chi connectivity index (χ3n) is 1.29. The molecule has 1 heterocycles. The molecule has 0 radical (unpaired) electrons. The quantitative estimate of drug-likeness (QED) is 0.722. The van der Waals surface area contributed by atoms with Crippen LogP contribution in [0.4, 0.5) is 0 Å². The van der Waals surface area contributed by atoms with Gasteiger partial charge in [0.2, 0.25) is 0 Å². The summed E-state index contributed by atoms with van der Waals surface area (Å²) in [6.07, 6.45) is 5.55. The van der Waals surface area contributed by atoms with E-state index in [4.69, 9.17) is 0 Å². The number of nitrogens with one attached hydrogen (secondary N) is 1. The number of hydrogen-bond donors (Lipinski definition) is 1. The highest BCUT2D eigenvalue weighted by Gasteiger charge is 1.95. The highest BCUT2D eigenvalue weighted by molar-refractivity contribution is 7.22. The van der Waals surface area contributed by atoms with E-state index in [0.29, 0.717) is 0 Å². The molecule has 2 nitrogen and oxygen atoms in total. The van der Waals surface area contributed by atoms with Crippen LogP contribution in [0.25, 0.3) is 12.2 Å². The highest BCUT2D eigenvalue weighted by Crippen LogP contribution is 2.13. The maximum Gasteiger partial charge on any atom is 0.0652 e. The first-order valence-corrected chi connectivity index (χ1v) is 4.91. The van der Waals surface area contributed by atoms with E-state index < -0.39 is 0 Å². The maximum atomic E-state index is 3.90. The van der Waals surface area contributed by atoms with Gasteiger partial charge in [0.1, 0.15) is 0 Å². The summed E-state index contributed by atoms with van der Waals surface area (Å²) in [7, 11) is 2.62. The minimum absolute atomic E-state index is 1.01. The first kappa shape index (κ1) is 12.1. The van der Waals surface area contributed by atoms with Gasteiger partial charge in [-0.3, -0.25) is 5.10 Å². The number of nitrogens with zero attached hydrogens (tertiary/aromatic N) is 1. The number of hydrogen-bond acceptors (Lipinski definition) is 1.